The van der Waals surface area contributed by atoms with E-state index in [4.69, 9.17) is 9.90 Å². The molecular weight excluding hydrogens is 515 g/mol. The van der Waals surface area contributed by atoms with Crippen LogP contribution in [0.3, 0.4) is 0 Å². The van der Waals surface area contributed by atoms with Gasteiger partial charge in [0.15, 0.2) is 9.84 Å². The van der Waals surface area contributed by atoms with Crippen molar-refractivity contribution in [1.29, 1.82) is 0 Å². The fourth-order valence-electron chi connectivity index (χ4n) is 4.27. The fourth-order valence-corrected chi connectivity index (χ4v) is 6.41. The maximum absolute atomic E-state index is 15.2. The van der Waals surface area contributed by atoms with E-state index in [2.05, 4.69) is 9.88 Å². The van der Waals surface area contributed by atoms with Crippen molar-refractivity contribution >= 4 is 33.3 Å². The van der Waals surface area contributed by atoms with Crippen molar-refractivity contribution in [3.63, 3.8) is 0 Å². The number of anilines is 1. The molecule has 7 nitrogen and oxygen atoms in total. The SMILES string of the molecule is Cc1c(N(C)[C@H]2CCN(Cc3cccc(F)c3)C2)cc(F)c(S(=O)(=O)Cc2cscn2)c1F.O=CO. The van der Waals surface area contributed by atoms with Gasteiger partial charge in [-0.05, 0) is 37.1 Å². The topological polar surface area (TPSA) is 90.8 Å². The Hall–Kier alpha value is -2.96. The van der Waals surface area contributed by atoms with Crippen molar-refractivity contribution in [2.45, 2.75) is 36.6 Å². The van der Waals surface area contributed by atoms with Gasteiger partial charge in [0.1, 0.15) is 22.3 Å². The Kier molecular flexibility index (Phi) is 9.09. The van der Waals surface area contributed by atoms with Crippen molar-refractivity contribution < 1.29 is 31.5 Å². The third kappa shape index (κ3) is 6.42. The van der Waals surface area contributed by atoms with E-state index in [9.17, 15) is 17.2 Å². The van der Waals surface area contributed by atoms with E-state index in [1.165, 1.54) is 41.3 Å². The Balaban J connectivity index is 0.00000115. The van der Waals surface area contributed by atoms with E-state index in [-0.39, 0.29) is 29.6 Å². The number of sulfone groups is 1. The third-order valence-electron chi connectivity index (χ3n) is 6.00. The van der Waals surface area contributed by atoms with Gasteiger partial charge in [0.05, 0.1) is 17.0 Å². The summed E-state index contributed by atoms with van der Waals surface area (Å²) in [7, 11) is -2.49. The summed E-state index contributed by atoms with van der Waals surface area (Å²) in [6.07, 6.45) is 0.762. The lowest BCUT2D eigenvalue weighted by molar-refractivity contribution is -0.122. The Bertz CT molecular complexity index is 1300. The summed E-state index contributed by atoms with van der Waals surface area (Å²) in [5.74, 6) is -3.02. The molecular formula is C24H26F3N3O4S2. The predicted octanol–water partition coefficient (Wildman–Crippen LogP) is 4.25. The summed E-state index contributed by atoms with van der Waals surface area (Å²) >= 11 is 1.22. The Labute approximate surface area is 211 Å². The van der Waals surface area contributed by atoms with Crippen molar-refractivity contribution in [3.8, 4) is 0 Å². The molecule has 1 N–H and O–H groups in total. The summed E-state index contributed by atoms with van der Waals surface area (Å²) < 4.78 is 69.0. The number of carboxylic acid groups (broad SMARTS) is 1. The number of rotatable bonds is 7. The number of benzene rings is 2. The highest BCUT2D eigenvalue weighted by Gasteiger charge is 2.32. The summed E-state index contributed by atoms with van der Waals surface area (Å²) in [5, 5.41) is 8.43. The molecule has 0 spiro atoms. The van der Waals surface area contributed by atoms with Crippen LogP contribution in [0.5, 0.6) is 0 Å². The molecule has 0 amide bonds. The number of thiazole rings is 1. The number of halogens is 3. The number of likely N-dealkylation sites (tertiary alicyclic amines) is 1. The average molecular weight is 542 g/mol. The van der Waals surface area contributed by atoms with E-state index in [1.54, 1.807) is 18.0 Å². The minimum absolute atomic E-state index is 0.0199. The highest BCUT2D eigenvalue weighted by Crippen LogP contribution is 2.33. The highest BCUT2D eigenvalue weighted by molar-refractivity contribution is 7.90. The zero-order chi connectivity index (χ0) is 26.5. The summed E-state index contributed by atoms with van der Waals surface area (Å²) in [5.41, 5.74) is 2.98. The lowest BCUT2D eigenvalue weighted by Gasteiger charge is -2.29. The highest BCUT2D eigenvalue weighted by atomic mass is 32.2. The van der Waals surface area contributed by atoms with E-state index in [1.807, 2.05) is 6.07 Å². The molecule has 0 radical (unpaired) electrons. The first kappa shape index (κ1) is 27.6. The molecule has 4 rings (SSSR count). The van der Waals surface area contributed by atoms with Crippen molar-refractivity contribution in [2.24, 2.45) is 0 Å². The van der Waals surface area contributed by atoms with Gasteiger partial charge in [-0.25, -0.2) is 26.6 Å². The molecule has 2 aromatic carbocycles. The zero-order valence-electron chi connectivity index (χ0n) is 19.7. The van der Waals surface area contributed by atoms with Gasteiger partial charge in [-0.15, -0.1) is 11.3 Å². The van der Waals surface area contributed by atoms with Gasteiger partial charge in [0, 0.05) is 49.4 Å². The molecule has 2 heterocycles. The van der Waals surface area contributed by atoms with E-state index >= 15 is 4.39 Å². The average Bonchev–Trinajstić information content (AvgIpc) is 3.48. The Morgan fingerprint density at radius 2 is 2.00 bits per heavy atom. The lowest BCUT2D eigenvalue weighted by atomic mass is 10.1. The molecule has 0 saturated carbocycles. The molecule has 1 aliphatic rings. The maximum atomic E-state index is 15.2. The van der Waals surface area contributed by atoms with Crippen LogP contribution in [0.1, 0.15) is 23.2 Å². The fraction of sp³-hybridized carbons (Fsp3) is 0.333. The van der Waals surface area contributed by atoms with Crippen LogP contribution in [0.15, 0.2) is 46.1 Å². The van der Waals surface area contributed by atoms with Gasteiger partial charge in [-0.2, -0.15) is 0 Å². The van der Waals surface area contributed by atoms with Crippen LogP contribution in [-0.2, 0) is 26.9 Å². The molecule has 12 heteroatoms. The molecule has 36 heavy (non-hydrogen) atoms. The van der Waals surface area contributed by atoms with E-state index in [0.29, 0.717) is 18.8 Å². The number of likely N-dealkylation sites (N-methyl/N-ethyl adjacent to an activating group) is 1. The van der Waals surface area contributed by atoms with E-state index < -0.39 is 32.1 Å². The van der Waals surface area contributed by atoms with Crippen LogP contribution in [0, 0.1) is 24.4 Å². The predicted molar refractivity (Wildman–Crippen MR) is 131 cm³/mol. The standard InChI is InChI=1S/C23H24F3N3O2S2.CH2O2/c1-15-21(9-20(25)23(22(15)26)33(30,31)13-18-12-32-14-27-18)28(2)19-6-7-29(11-19)10-16-4-3-5-17(24)8-16;2-1-3/h3-5,8-9,12,14,19H,6-7,10-11,13H2,1-2H3;1H,(H,2,3)/t19-;/m0./s1. The van der Waals surface area contributed by atoms with Gasteiger partial charge in [-0.3, -0.25) is 9.69 Å². The first-order valence-electron chi connectivity index (χ1n) is 10.9. The van der Waals surface area contributed by atoms with Crippen LogP contribution in [0.4, 0.5) is 18.9 Å². The molecule has 0 aliphatic carbocycles. The molecule has 1 aliphatic heterocycles. The van der Waals surface area contributed by atoms with Gasteiger partial charge in [0.2, 0.25) is 0 Å². The second-order valence-corrected chi connectivity index (χ2v) is 11.1. The molecule has 1 saturated heterocycles. The molecule has 194 valence electrons. The molecule has 3 aromatic rings. The summed E-state index contributed by atoms with van der Waals surface area (Å²) in [4.78, 5) is 15.3. The number of carbonyl (C=O) groups is 1. The summed E-state index contributed by atoms with van der Waals surface area (Å²) in [6, 6.07) is 7.51. The number of aromatic nitrogens is 1. The molecule has 0 unspecified atom stereocenters. The Morgan fingerprint density at radius 1 is 1.28 bits per heavy atom. The maximum Gasteiger partial charge on any atom is 0.290 e. The molecule has 1 fully saturated rings. The van der Waals surface area contributed by atoms with Crippen molar-refractivity contribution in [1.82, 2.24) is 9.88 Å². The van der Waals surface area contributed by atoms with Gasteiger partial charge >= 0.3 is 0 Å². The smallest absolute Gasteiger partial charge is 0.290 e. The zero-order valence-corrected chi connectivity index (χ0v) is 21.3. The third-order valence-corrected chi connectivity index (χ3v) is 8.30. The van der Waals surface area contributed by atoms with Crippen LogP contribution in [0.25, 0.3) is 0 Å². The number of hydrogen-bond acceptors (Lipinski definition) is 7. The minimum Gasteiger partial charge on any atom is -0.483 e. The number of hydrogen-bond donors (Lipinski definition) is 1. The monoisotopic (exact) mass is 541 g/mol. The van der Waals surface area contributed by atoms with Gasteiger partial charge in [-0.1, -0.05) is 12.1 Å². The second kappa shape index (κ2) is 11.8. The van der Waals surface area contributed by atoms with Gasteiger partial charge < -0.3 is 10.0 Å². The van der Waals surface area contributed by atoms with Gasteiger partial charge in [0.25, 0.3) is 6.47 Å². The first-order valence-corrected chi connectivity index (χ1v) is 13.5. The van der Waals surface area contributed by atoms with Crippen LogP contribution in [0.2, 0.25) is 0 Å². The van der Waals surface area contributed by atoms with Crippen molar-refractivity contribution in [2.75, 3.05) is 25.0 Å². The molecule has 1 atom stereocenters. The Morgan fingerprint density at radius 3 is 2.64 bits per heavy atom. The first-order chi connectivity index (χ1) is 17.1. The number of nitrogens with zero attached hydrogens (tertiary/aromatic N) is 3. The van der Waals surface area contributed by atoms with Crippen LogP contribution < -0.4 is 4.90 Å². The minimum atomic E-state index is -4.24. The molecule has 0 bridgehead atoms. The summed E-state index contributed by atoms with van der Waals surface area (Å²) in [6.45, 7) is 3.19. The van der Waals surface area contributed by atoms with E-state index in [0.717, 1.165) is 24.6 Å². The second-order valence-electron chi connectivity index (χ2n) is 8.41. The quantitative estimate of drug-likeness (QED) is 0.447. The largest absolute Gasteiger partial charge is 0.483 e. The van der Waals surface area contributed by atoms with Crippen LogP contribution >= 0.6 is 11.3 Å². The normalized spacial score (nSPS) is 15.9. The lowest BCUT2D eigenvalue weighted by Crippen LogP contribution is -2.35. The van der Waals surface area contributed by atoms with Crippen molar-refractivity contribution in [3.05, 3.63) is 75.5 Å². The molecule has 1 aromatic heterocycles. The van der Waals surface area contributed by atoms with Crippen LogP contribution in [-0.4, -0.2) is 56.1 Å².